The van der Waals surface area contributed by atoms with Crippen LogP contribution < -0.4 is 21.3 Å². The van der Waals surface area contributed by atoms with Gasteiger partial charge in [-0.3, -0.25) is 9.13 Å². The van der Waals surface area contributed by atoms with Gasteiger partial charge in [-0.25, -0.2) is 0 Å². The third-order valence-corrected chi connectivity index (χ3v) is 3.71. The highest BCUT2D eigenvalue weighted by atomic mass is 31.2. The molecule has 30 heavy (non-hydrogen) atoms. The largest absolute Gasteiger partial charge is 0.756 e. The zero-order valence-electron chi connectivity index (χ0n) is 19.0. The first kappa shape index (κ1) is 37.5. The molecular formula is C18H48N2O8P2. The van der Waals surface area contributed by atoms with Crippen molar-refractivity contribution in [2.45, 2.75) is 104 Å². The van der Waals surface area contributed by atoms with Crippen LogP contribution in [0, 0.1) is 0 Å². The zero-order chi connectivity index (χ0) is 24.3. The first-order valence-corrected chi connectivity index (χ1v) is 14.0. The number of rotatable bonds is 14. The van der Waals surface area contributed by atoms with Gasteiger partial charge in [-0.05, 0) is 25.7 Å². The summed E-state index contributed by atoms with van der Waals surface area (Å²) in [5.41, 5.74) is 7.64. The molecule has 0 radical (unpaired) electrons. The van der Waals surface area contributed by atoms with Gasteiger partial charge in [0.2, 0.25) is 0 Å². The van der Waals surface area contributed by atoms with Gasteiger partial charge in [-0.2, -0.15) is 0 Å². The molecule has 0 rings (SSSR count). The maximum absolute atomic E-state index is 8.77. The van der Waals surface area contributed by atoms with E-state index in [1.54, 1.807) is 0 Å². The Hall–Kier alpha value is 0.140. The Morgan fingerprint density at radius 1 is 0.533 bits per heavy atom. The van der Waals surface area contributed by atoms with Gasteiger partial charge in [0.15, 0.2) is 0 Å². The fourth-order valence-electron chi connectivity index (χ4n) is 2.27. The number of hydrogen-bond donors (Lipinski definition) is 6. The molecule has 188 valence electrons. The number of unbranched alkanes of at least 4 members (excludes halogenated alkanes) is 12. The molecule has 10 N–H and O–H groups in total. The molecule has 12 heteroatoms. The van der Waals surface area contributed by atoms with E-state index >= 15 is 0 Å². The number of hydrogen-bond acceptors (Lipinski definition) is 4. The van der Waals surface area contributed by atoms with Gasteiger partial charge < -0.3 is 40.8 Å². The van der Waals surface area contributed by atoms with E-state index in [9.17, 15) is 0 Å². The van der Waals surface area contributed by atoms with E-state index in [1.165, 1.54) is 89.9 Å². The predicted octanol–water partition coefficient (Wildman–Crippen LogP) is 0.837. The van der Waals surface area contributed by atoms with Crippen molar-refractivity contribution in [2.24, 2.45) is 0 Å². The highest BCUT2D eigenvalue weighted by Gasteiger charge is 1.89. The summed E-state index contributed by atoms with van der Waals surface area (Å²) in [7, 11) is -9.78. The Labute approximate surface area is 183 Å². The smallest absolute Gasteiger partial charge is 0.262 e. The van der Waals surface area contributed by atoms with Crippen molar-refractivity contribution in [3.63, 3.8) is 0 Å². The Morgan fingerprint density at radius 3 is 0.867 bits per heavy atom. The van der Waals surface area contributed by atoms with Crippen LogP contribution in [0.25, 0.3) is 0 Å². The van der Waals surface area contributed by atoms with Crippen molar-refractivity contribution in [1.82, 2.24) is 0 Å². The van der Waals surface area contributed by atoms with Crippen molar-refractivity contribution >= 4 is 15.6 Å². The fraction of sp³-hybridized carbons (Fsp3) is 1.00. The van der Waals surface area contributed by atoms with Crippen LogP contribution in [-0.4, -0.2) is 32.7 Å². The molecular weight excluding hydrogens is 434 g/mol. The van der Waals surface area contributed by atoms with Gasteiger partial charge in [0.25, 0.3) is 15.6 Å². The van der Waals surface area contributed by atoms with E-state index < -0.39 is 15.6 Å². The molecule has 0 fully saturated rings. The SMILES string of the molecule is CCCCCCCCC[NH3+].CCCCCCCCC[NH3+].O=P([O-])(O)O.O=P([O-])(O)O. The highest BCUT2D eigenvalue weighted by Crippen LogP contribution is 2.19. The van der Waals surface area contributed by atoms with Crippen LogP contribution in [0.15, 0.2) is 0 Å². The lowest BCUT2D eigenvalue weighted by molar-refractivity contribution is -0.368. The lowest BCUT2D eigenvalue weighted by Crippen LogP contribution is -2.50. The minimum absolute atomic E-state index is 1.12. The standard InChI is InChI=1S/2C9H21N.2H3O4P/c2*1-2-3-4-5-6-7-8-9-10;2*1-5(2,3)4/h2*2-10H2,1H3;2*(H3,1,2,3,4). The lowest BCUT2D eigenvalue weighted by atomic mass is 10.1. The summed E-state index contributed by atoms with van der Waals surface area (Å²) < 4.78 is 17.5. The molecule has 0 saturated carbocycles. The van der Waals surface area contributed by atoms with Crippen molar-refractivity contribution < 1.29 is 50.0 Å². The Kier molecular flexibility index (Phi) is 36.4. The molecule has 0 aliphatic heterocycles. The number of quaternary nitrogens is 2. The Bertz CT molecular complexity index is 324. The van der Waals surface area contributed by atoms with Gasteiger partial charge in [0, 0.05) is 0 Å². The highest BCUT2D eigenvalue weighted by molar-refractivity contribution is 7.43. The second-order valence-electron chi connectivity index (χ2n) is 6.93. The molecule has 0 bridgehead atoms. The van der Waals surface area contributed by atoms with Crippen molar-refractivity contribution in [1.29, 1.82) is 0 Å². The molecule has 0 saturated heterocycles. The summed E-state index contributed by atoms with van der Waals surface area (Å²) in [6, 6.07) is 0. The second kappa shape index (κ2) is 29.1. The lowest BCUT2D eigenvalue weighted by Gasteiger charge is -2.01. The molecule has 0 aliphatic rings. The van der Waals surface area contributed by atoms with E-state index in [-0.39, 0.29) is 0 Å². The van der Waals surface area contributed by atoms with Crippen molar-refractivity contribution in [3.8, 4) is 0 Å². The first-order valence-electron chi connectivity index (χ1n) is 10.9. The molecule has 0 aromatic carbocycles. The van der Waals surface area contributed by atoms with Crippen LogP contribution in [0.5, 0.6) is 0 Å². The fourth-order valence-corrected chi connectivity index (χ4v) is 2.27. The third-order valence-electron chi connectivity index (χ3n) is 3.71. The monoisotopic (exact) mass is 482 g/mol. The summed E-state index contributed by atoms with van der Waals surface area (Å²) in [6.07, 6.45) is 19.6. The molecule has 0 aromatic heterocycles. The average Bonchev–Trinajstić information content (AvgIpc) is 2.59. The quantitative estimate of drug-likeness (QED) is 0.153. The minimum Gasteiger partial charge on any atom is -0.756 e. The van der Waals surface area contributed by atoms with E-state index in [4.69, 9.17) is 38.5 Å². The van der Waals surface area contributed by atoms with Crippen LogP contribution in [0.2, 0.25) is 0 Å². The minimum atomic E-state index is -4.89. The van der Waals surface area contributed by atoms with Crippen LogP contribution in [0.4, 0.5) is 0 Å². The normalized spacial score (nSPS) is 10.7. The van der Waals surface area contributed by atoms with E-state index in [1.807, 2.05) is 0 Å². The van der Waals surface area contributed by atoms with Crippen molar-refractivity contribution in [3.05, 3.63) is 0 Å². The van der Waals surface area contributed by atoms with Crippen LogP contribution in [0.3, 0.4) is 0 Å². The van der Waals surface area contributed by atoms with Crippen molar-refractivity contribution in [2.75, 3.05) is 13.1 Å². The summed E-state index contributed by atoms with van der Waals surface area (Å²) in [4.78, 5) is 45.8. The van der Waals surface area contributed by atoms with Gasteiger partial charge in [-0.1, -0.05) is 78.1 Å². The van der Waals surface area contributed by atoms with Gasteiger partial charge in [0.1, 0.15) is 0 Å². The zero-order valence-corrected chi connectivity index (χ0v) is 20.8. The van der Waals surface area contributed by atoms with Gasteiger partial charge in [-0.15, -0.1) is 0 Å². The molecule has 0 atom stereocenters. The molecule has 0 amide bonds. The maximum Gasteiger partial charge on any atom is 0.262 e. The van der Waals surface area contributed by atoms with E-state index in [0.29, 0.717) is 0 Å². The summed E-state index contributed by atoms with van der Waals surface area (Å²) in [6.45, 7) is 6.76. The van der Waals surface area contributed by atoms with E-state index in [0.717, 1.165) is 13.1 Å². The molecule has 0 aromatic rings. The molecule has 0 unspecified atom stereocenters. The van der Waals surface area contributed by atoms with Crippen LogP contribution >= 0.6 is 15.6 Å². The van der Waals surface area contributed by atoms with E-state index in [2.05, 4.69) is 25.3 Å². The van der Waals surface area contributed by atoms with Gasteiger partial charge in [0.05, 0.1) is 13.1 Å². The summed E-state index contributed by atoms with van der Waals surface area (Å²) in [5.74, 6) is 0. The maximum atomic E-state index is 8.77. The third kappa shape index (κ3) is 104. The molecule has 0 heterocycles. The topological polar surface area (TPSA) is 216 Å². The Morgan fingerprint density at radius 2 is 0.700 bits per heavy atom. The van der Waals surface area contributed by atoms with Crippen LogP contribution in [-0.2, 0) is 9.13 Å². The predicted molar refractivity (Wildman–Crippen MR) is 116 cm³/mol. The summed E-state index contributed by atoms with van der Waals surface area (Å²) >= 11 is 0. The first-order chi connectivity index (χ1) is 13.8. The Balaban J connectivity index is -0.000000159. The summed E-state index contributed by atoms with van der Waals surface area (Å²) in [5, 5.41) is 0. The number of phosphoric acid groups is 2. The molecule has 0 aliphatic carbocycles. The molecule has 10 nitrogen and oxygen atoms in total. The molecule has 0 spiro atoms. The van der Waals surface area contributed by atoms with Crippen LogP contribution in [0.1, 0.15) is 104 Å². The van der Waals surface area contributed by atoms with Gasteiger partial charge >= 0.3 is 0 Å². The average molecular weight is 483 g/mol. The second-order valence-corrected chi connectivity index (χ2v) is 8.89.